The summed E-state index contributed by atoms with van der Waals surface area (Å²) >= 11 is 0. The molecule has 1 rings (SSSR count). The number of carboxylic acid groups (broad SMARTS) is 1. The fourth-order valence-corrected chi connectivity index (χ4v) is 1.56. The summed E-state index contributed by atoms with van der Waals surface area (Å²) in [7, 11) is 0. The van der Waals surface area contributed by atoms with Gasteiger partial charge in [-0.2, -0.15) is 0 Å². The summed E-state index contributed by atoms with van der Waals surface area (Å²) in [6, 6.07) is 3.06. The number of benzene rings is 1. The minimum absolute atomic E-state index is 0.167. The maximum absolute atomic E-state index is 12.8. The van der Waals surface area contributed by atoms with Gasteiger partial charge in [0.15, 0.2) is 6.04 Å². The highest BCUT2D eigenvalue weighted by molar-refractivity contribution is 5.80. The van der Waals surface area contributed by atoms with Crippen molar-refractivity contribution in [2.75, 3.05) is 0 Å². The molecule has 21 heavy (non-hydrogen) atoms. The predicted molar refractivity (Wildman–Crippen MR) is 72.2 cm³/mol. The van der Waals surface area contributed by atoms with Crippen molar-refractivity contribution in [3.63, 3.8) is 0 Å². The molecule has 1 aromatic carbocycles. The van der Waals surface area contributed by atoms with E-state index in [0.717, 1.165) is 12.1 Å². The normalized spacial score (nSPS) is 14.1. The van der Waals surface area contributed by atoms with Crippen LogP contribution >= 0.6 is 0 Å². The van der Waals surface area contributed by atoms with Crippen LogP contribution in [0.25, 0.3) is 0 Å². The van der Waals surface area contributed by atoms with E-state index < -0.39 is 35.6 Å². The van der Waals surface area contributed by atoms with E-state index in [1.165, 1.54) is 12.1 Å². The minimum Gasteiger partial charge on any atom is -0.480 e. The highest BCUT2D eigenvalue weighted by Crippen LogP contribution is 2.18. The number of carbonyl (C=O) groups is 2. The van der Waals surface area contributed by atoms with Crippen molar-refractivity contribution in [1.29, 1.82) is 0 Å². The van der Waals surface area contributed by atoms with Gasteiger partial charge in [-0.15, -0.1) is 0 Å². The minimum atomic E-state index is -1.61. The monoisotopic (exact) mass is 299 g/mol. The molecule has 0 heterocycles. The summed E-state index contributed by atoms with van der Waals surface area (Å²) in [4.78, 5) is 22.8. The lowest BCUT2D eigenvalue weighted by Gasteiger charge is -2.24. The van der Waals surface area contributed by atoms with Gasteiger partial charge in [-0.25, -0.2) is 14.0 Å². The highest BCUT2D eigenvalue weighted by atomic mass is 19.1. The molecule has 0 aliphatic rings. The van der Waals surface area contributed by atoms with E-state index in [-0.39, 0.29) is 5.56 Å². The average molecular weight is 299 g/mol. The van der Waals surface area contributed by atoms with E-state index in [4.69, 9.17) is 9.84 Å². The Labute approximate surface area is 121 Å². The zero-order valence-electron chi connectivity index (χ0n) is 12.0. The number of aliphatic carboxylic acids is 1. The van der Waals surface area contributed by atoms with Gasteiger partial charge in [-0.05, 0) is 38.5 Å². The van der Waals surface area contributed by atoms with Crippen molar-refractivity contribution < 1.29 is 28.9 Å². The number of aliphatic hydroxyl groups is 1. The van der Waals surface area contributed by atoms with Crippen molar-refractivity contribution >= 4 is 12.1 Å². The van der Waals surface area contributed by atoms with Gasteiger partial charge in [0, 0.05) is 0 Å². The van der Waals surface area contributed by atoms with Crippen LogP contribution in [-0.4, -0.2) is 33.9 Å². The molecule has 7 heteroatoms. The molecule has 116 valence electrons. The smallest absolute Gasteiger partial charge is 0.408 e. The zero-order valence-corrected chi connectivity index (χ0v) is 12.0. The Morgan fingerprint density at radius 3 is 2.19 bits per heavy atom. The number of hydrogen-bond donors (Lipinski definition) is 3. The van der Waals surface area contributed by atoms with Crippen LogP contribution in [0.4, 0.5) is 9.18 Å². The first kappa shape index (κ1) is 16.9. The number of ether oxygens (including phenoxy) is 1. The molecule has 0 fully saturated rings. The number of carboxylic acids is 1. The Morgan fingerprint density at radius 1 is 1.24 bits per heavy atom. The molecular weight excluding hydrogens is 281 g/mol. The Hall–Kier alpha value is -2.15. The molecule has 0 saturated heterocycles. The molecule has 0 aliphatic carbocycles. The molecule has 2 atom stereocenters. The van der Waals surface area contributed by atoms with Crippen LogP contribution in [0.1, 0.15) is 32.4 Å². The SMILES string of the molecule is CC(C)(C)OC(=O)N[C@H](C(=O)O)[C@H](O)c1ccc(F)cc1. The van der Waals surface area contributed by atoms with E-state index in [2.05, 4.69) is 5.32 Å². The first-order chi connectivity index (χ1) is 9.60. The van der Waals surface area contributed by atoms with Gasteiger partial charge in [0.05, 0.1) is 0 Å². The molecule has 6 nitrogen and oxygen atoms in total. The van der Waals surface area contributed by atoms with Crippen LogP contribution in [0.15, 0.2) is 24.3 Å². The highest BCUT2D eigenvalue weighted by Gasteiger charge is 2.31. The number of amides is 1. The predicted octanol–water partition coefficient (Wildman–Crippen LogP) is 1.84. The maximum Gasteiger partial charge on any atom is 0.408 e. The van der Waals surface area contributed by atoms with E-state index in [1.807, 2.05) is 0 Å². The third kappa shape index (κ3) is 5.39. The molecule has 3 N–H and O–H groups in total. The summed E-state index contributed by atoms with van der Waals surface area (Å²) in [6.45, 7) is 4.87. The largest absolute Gasteiger partial charge is 0.480 e. The fourth-order valence-electron chi connectivity index (χ4n) is 1.56. The number of hydrogen-bond acceptors (Lipinski definition) is 4. The summed E-state index contributed by atoms with van der Waals surface area (Å²) in [5, 5.41) is 21.2. The topological polar surface area (TPSA) is 95.9 Å². The van der Waals surface area contributed by atoms with Gasteiger partial charge in [-0.3, -0.25) is 0 Å². The average Bonchev–Trinajstić information content (AvgIpc) is 2.33. The molecule has 0 bridgehead atoms. The second kappa shape index (κ2) is 6.53. The lowest BCUT2D eigenvalue weighted by Crippen LogP contribution is -2.46. The van der Waals surface area contributed by atoms with Crippen molar-refractivity contribution in [1.82, 2.24) is 5.32 Å². The number of halogens is 1. The van der Waals surface area contributed by atoms with Crippen LogP contribution in [0.2, 0.25) is 0 Å². The van der Waals surface area contributed by atoms with Crippen LogP contribution in [-0.2, 0) is 9.53 Å². The van der Waals surface area contributed by atoms with Crippen molar-refractivity contribution in [2.45, 2.75) is 38.5 Å². The molecule has 0 aliphatic heterocycles. The number of nitrogens with one attached hydrogen (secondary N) is 1. The lowest BCUT2D eigenvalue weighted by molar-refractivity contribution is -0.142. The van der Waals surface area contributed by atoms with Crippen molar-refractivity contribution in [3.8, 4) is 0 Å². The summed E-state index contributed by atoms with van der Waals surface area (Å²) < 4.78 is 17.8. The van der Waals surface area contributed by atoms with Gasteiger partial charge in [-0.1, -0.05) is 12.1 Å². The number of aliphatic hydroxyl groups excluding tert-OH is 1. The Morgan fingerprint density at radius 2 is 1.76 bits per heavy atom. The van der Waals surface area contributed by atoms with Crippen LogP contribution in [0.5, 0.6) is 0 Å². The summed E-state index contributed by atoms with van der Waals surface area (Å²) in [5.74, 6) is -1.95. The second-order valence-corrected chi connectivity index (χ2v) is 5.46. The van der Waals surface area contributed by atoms with E-state index in [9.17, 15) is 19.1 Å². The standard InChI is InChI=1S/C14H18FNO5/c1-14(2,3)21-13(20)16-10(12(18)19)11(17)8-4-6-9(15)7-5-8/h4-7,10-11,17H,1-3H3,(H,16,20)(H,18,19)/t10-,11+/m0/s1. The van der Waals surface area contributed by atoms with Crippen molar-refractivity contribution in [2.24, 2.45) is 0 Å². The van der Waals surface area contributed by atoms with Crippen LogP contribution < -0.4 is 5.32 Å². The number of alkyl carbamates (subject to hydrolysis) is 1. The van der Waals surface area contributed by atoms with Crippen LogP contribution in [0.3, 0.4) is 0 Å². The second-order valence-electron chi connectivity index (χ2n) is 5.46. The fraction of sp³-hybridized carbons (Fsp3) is 0.429. The maximum atomic E-state index is 12.8. The Bertz CT molecular complexity index is 509. The number of carbonyl (C=O) groups excluding carboxylic acids is 1. The third-order valence-electron chi connectivity index (χ3n) is 2.47. The molecule has 0 saturated carbocycles. The lowest BCUT2D eigenvalue weighted by atomic mass is 10.0. The van der Waals surface area contributed by atoms with Gasteiger partial charge in [0.25, 0.3) is 0 Å². The van der Waals surface area contributed by atoms with E-state index in [0.29, 0.717) is 0 Å². The van der Waals surface area contributed by atoms with Crippen LogP contribution in [0, 0.1) is 5.82 Å². The third-order valence-corrected chi connectivity index (χ3v) is 2.47. The molecule has 0 spiro atoms. The zero-order chi connectivity index (χ0) is 16.2. The molecule has 1 amide bonds. The van der Waals surface area contributed by atoms with Gasteiger partial charge in [0.1, 0.15) is 17.5 Å². The quantitative estimate of drug-likeness (QED) is 0.788. The summed E-state index contributed by atoms with van der Waals surface area (Å²) in [6.07, 6.45) is -2.49. The van der Waals surface area contributed by atoms with E-state index >= 15 is 0 Å². The van der Waals surface area contributed by atoms with Gasteiger partial charge >= 0.3 is 12.1 Å². The molecule has 0 radical (unpaired) electrons. The van der Waals surface area contributed by atoms with Gasteiger partial charge in [0.2, 0.25) is 0 Å². The molecule has 1 aromatic rings. The summed E-state index contributed by atoms with van der Waals surface area (Å²) in [5.41, 5.74) is -0.631. The molecule has 0 unspecified atom stereocenters. The Balaban J connectivity index is 2.84. The van der Waals surface area contributed by atoms with Crippen molar-refractivity contribution in [3.05, 3.63) is 35.6 Å². The molecular formula is C14H18FNO5. The first-order valence-electron chi connectivity index (χ1n) is 6.26. The molecule has 0 aromatic heterocycles. The number of rotatable bonds is 4. The Kier molecular flexibility index (Phi) is 5.26. The first-order valence-corrected chi connectivity index (χ1v) is 6.26. The van der Waals surface area contributed by atoms with Gasteiger partial charge < -0.3 is 20.3 Å². The van der Waals surface area contributed by atoms with E-state index in [1.54, 1.807) is 20.8 Å².